The molecule has 0 rings (SSSR count). The summed E-state index contributed by atoms with van der Waals surface area (Å²) in [7, 11) is 3.76. The average molecular weight is 239 g/mol. The maximum Gasteiger partial charge on any atom is 0.0543 e. The van der Waals surface area contributed by atoms with Crippen LogP contribution in [0, 0.1) is 0 Å². The van der Waals surface area contributed by atoms with Crippen LogP contribution in [0.4, 0.5) is 0 Å². The van der Waals surface area contributed by atoms with Gasteiger partial charge in [-0.2, -0.15) is 11.8 Å². The van der Waals surface area contributed by atoms with E-state index >= 15 is 0 Å². The summed E-state index contributed by atoms with van der Waals surface area (Å²) in [5.74, 6) is 2.36. The SMILES string of the molecule is CSCCCCCCN(C)CSS. The molecule has 0 amide bonds. The molecule has 0 spiro atoms. The topological polar surface area (TPSA) is 3.24 Å². The minimum absolute atomic E-state index is 1.04. The Morgan fingerprint density at radius 3 is 2.46 bits per heavy atom. The molecule has 0 aliphatic carbocycles. The number of thioether (sulfide) groups is 1. The fraction of sp³-hybridized carbons (Fsp3) is 1.00. The summed E-state index contributed by atoms with van der Waals surface area (Å²) in [6.45, 7) is 1.22. The lowest BCUT2D eigenvalue weighted by Gasteiger charge is -2.13. The van der Waals surface area contributed by atoms with Crippen LogP contribution in [0.15, 0.2) is 0 Å². The van der Waals surface area contributed by atoms with Gasteiger partial charge in [-0.1, -0.05) is 23.6 Å². The van der Waals surface area contributed by atoms with Gasteiger partial charge in [0.1, 0.15) is 0 Å². The lowest BCUT2D eigenvalue weighted by atomic mass is 10.2. The van der Waals surface area contributed by atoms with E-state index in [1.54, 1.807) is 10.8 Å². The predicted octanol–water partition coefficient (Wildman–Crippen LogP) is 3.38. The van der Waals surface area contributed by atoms with Gasteiger partial charge in [0.15, 0.2) is 0 Å². The zero-order valence-corrected chi connectivity index (χ0v) is 11.2. The van der Waals surface area contributed by atoms with Crippen LogP contribution in [0.25, 0.3) is 0 Å². The smallest absolute Gasteiger partial charge is 0.0543 e. The molecule has 0 bridgehead atoms. The van der Waals surface area contributed by atoms with Gasteiger partial charge in [0, 0.05) is 0 Å². The molecule has 0 atom stereocenters. The fourth-order valence-corrected chi connectivity index (χ4v) is 2.56. The average Bonchev–Trinajstić information content (AvgIpc) is 2.11. The molecule has 0 N–H and O–H groups in total. The molecule has 0 saturated carbocycles. The van der Waals surface area contributed by atoms with Crippen molar-refractivity contribution in [1.82, 2.24) is 4.90 Å². The number of hydrogen-bond acceptors (Lipinski definition) is 4. The number of thiol groups is 1. The Hall–Kier alpha value is 1.01. The second kappa shape index (κ2) is 11.1. The Kier molecular flexibility index (Phi) is 11.9. The zero-order valence-electron chi connectivity index (χ0n) is 8.66. The summed E-state index contributed by atoms with van der Waals surface area (Å²) in [6.07, 6.45) is 7.66. The number of hydrogen-bond donors (Lipinski definition) is 1. The van der Waals surface area contributed by atoms with Crippen molar-refractivity contribution in [2.75, 3.05) is 31.5 Å². The monoisotopic (exact) mass is 239 g/mol. The lowest BCUT2D eigenvalue weighted by Crippen LogP contribution is -2.18. The number of unbranched alkanes of at least 4 members (excludes halogenated alkanes) is 3. The molecule has 13 heavy (non-hydrogen) atoms. The first-order valence-corrected chi connectivity index (χ1v) is 8.18. The maximum absolute atomic E-state index is 4.12. The molecule has 0 aliphatic rings. The summed E-state index contributed by atoms with van der Waals surface area (Å²) in [5.41, 5.74) is 0. The second-order valence-corrected chi connectivity index (χ2v) is 5.52. The van der Waals surface area contributed by atoms with Crippen LogP contribution in [0.5, 0.6) is 0 Å². The van der Waals surface area contributed by atoms with Gasteiger partial charge in [-0.3, -0.25) is 4.90 Å². The maximum atomic E-state index is 4.12. The molecular weight excluding hydrogens is 218 g/mol. The van der Waals surface area contributed by atoms with Crippen molar-refractivity contribution in [2.45, 2.75) is 25.7 Å². The summed E-state index contributed by atoms with van der Waals surface area (Å²) >= 11 is 6.07. The van der Waals surface area contributed by atoms with Crippen LogP contribution in [0.3, 0.4) is 0 Å². The molecular formula is C9H21NS3. The molecule has 4 heteroatoms. The minimum atomic E-state index is 1.04. The summed E-state index contributed by atoms with van der Waals surface area (Å²) < 4.78 is 0. The molecule has 0 fully saturated rings. The van der Waals surface area contributed by atoms with Gasteiger partial charge in [0.2, 0.25) is 0 Å². The number of nitrogens with zero attached hydrogens (tertiary/aromatic N) is 1. The summed E-state index contributed by atoms with van der Waals surface area (Å²) in [6, 6.07) is 0. The summed E-state index contributed by atoms with van der Waals surface area (Å²) in [4.78, 5) is 2.33. The first-order valence-electron chi connectivity index (χ1n) is 4.75. The largest absolute Gasteiger partial charge is 0.296 e. The van der Waals surface area contributed by atoms with E-state index < -0.39 is 0 Å². The highest BCUT2D eigenvalue weighted by Gasteiger charge is 1.96. The molecule has 1 nitrogen and oxygen atoms in total. The predicted molar refractivity (Wildman–Crippen MR) is 70.9 cm³/mol. The highest BCUT2D eigenvalue weighted by molar-refractivity contribution is 8.68. The fourth-order valence-electron chi connectivity index (χ4n) is 1.14. The molecule has 0 aromatic heterocycles. The normalized spacial score (nSPS) is 11.1. The van der Waals surface area contributed by atoms with E-state index in [1.807, 2.05) is 11.8 Å². The van der Waals surface area contributed by atoms with Crippen LogP contribution < -0.4 is 0 Å². The van der Waals surface area contributed by atoms with Crippen molar-refractivity contribution in [3.8, 4) is 0 Å². The van der Waals surface area contributed by atoms with Crippen LogP contribution in [-0.2, 0) is 0 Å². The quantitative estimate of drug-likeness (QED) is 0.285. The van der Waals surface area contributed by atoms with Gasteiger partial charge >= 0.3 is 0 Å². The Morgan fingerprint density at radius 2 is 1.85 bits per heavy atom. The first kappa shape index (κ1) is 14.0. The Labute approximate surface area is 96.2 Å². The van der Waals surface area contributed by atoms with Crippen LogP contribution in [0.1, 0.15) is 25.7 Å². The molecule has 80 valence electrons. The Morgan fingerprint density at radius 1 is 1.15 bits per heavy atom. The van der Waals surface area contributed by atoms with Crippen molar-refractivity contribution in [2.24, 2.45) is 0 Å². The van der Waals surface area contributed by atoms with Gasteiger partial charge in [0.05, 0.1) is 5.88 Å². The zero-order chi connectivity index (χ0) is 9.94. The van der Waals surface area contributed by atoms with E-state index in [0.717, 1.165) is 5.88 Å². The van der Waals surface area contributed by atoms with E-state index in [1.165, 1.54) is 38.0 Å². The summed E-state index contributed by atoms with van der Waals surface area (Å²) in [5, 5.41) is 0. The minimum Gasteiger partial charge on any atom is -0.296 e. The van der Waals surface area contributed by atoms with Crippen LogP contribution in [-0.4, -0.2) is 36.4 Å². The van der Waals surface area contributed by atoms with Gasteiger partial charge < -0.3 is 0 Å². The van der Waals surface area contributed by atoms with E-state index in [0.29, 0.717) is 0 Å². The number of rotatable bonds is 9. The van der Waals surface area contributed by atoms with E-state index in [9.17, 15) is 0 Å². The molecule has 0 heterocycles. The van der Waals surface area contributed by atoms with Gasteiger partial charge in [-0.05, 0) is 38.4 Å². The molecule has 0 saturated heterocycles. The second-order valence-electron chi connectivity index (χ2n) is 3.24. The first-order chi connectivity index (χ1) is 6.31. The highest BCUT2D eigenvalue weighted by Crippen LogP contribution is 2.08. The van der Waals surface area contributed by atoms with E-state index in [4.69, 9.17) is 0 Å². The van der Waals surface area contributed by atoms with Crippen molar-refractivity contribution in [3.63, 3.8) is 0 Å². The van der Waals surface area contributed by atoms with Gasteiger partial charge in [-0.25, -0.2) is 0 Å². The Bertz CT molecular complexity index is 101. The van der Waals surface area contributed by atoms with E-state index in [-0.39, 0.29) is 0 Å². The Balaban J connectivity index is 2.97. The third-order valence-electron chi connectivity index (χ3n) is 1.92. The lowest BCUT2D eigenvalue weighted by molar-refractivity contribution is 0.378. The standard InChI is InChI=1S/C9H21NS3/c1-10(9-13-11)7-5-3-4-6-8-12-2/h11H,3-9H2,1-2H3. The molecule has 0 aromatic rings. The van der Waals surface area contributed by atoms with Crippen LogP contribution in [0.2, 0.25) is 0 Å². The molecule has 0 aromatic carbocycles. The van der Waals surface area contributed by atoms with Crippen molar-refractivity contribution in [3.05, 3.63) is 0 Å². The molecule has 0 radical (unpaired) electrons. The highest BCUT2D eigenvalue weighted by atomic mass is 33.1. The molecule has 0 unspecified atom stereocenters. The molecule has 0 aliphatic heterocycles. The van der Waals surface area contributed by atoms with Crippen LogP contribution >= 0.6 is 34.2 Å². The van der Waals surface area contributed by atoms with Crippen molar-refractivity contribution < 1.29 is 0 Å². The van der Waals surface area contributed by atoms with Gasteiger partial charge in [0.25, 0.3) is 0 Å². The third-order valence-corrected chi connectivity index (χ3v) is 3.52. The van der Waals surface area contributed by atoms with Crippen molar-refractivity contribution in [1.29, 1.82) is 0 Å². The van der Waals surface area contributed by atoms with Crippen molar-refractivity contribution >= 4 is 34.2 Å². The van der Waals surface area contributed by atoms with E-state index in [2.05, 4.69) is 29.9 Å². The van der Waals surface area contributed by atoms with Gasteiger partial charge in [-0.15, -0.1) is 11.7 Å². The third kappa shape index (κ3) is 10.9.